The zero-order chi connectivity index (χ0) is 18.0. The summed E-state index contributed by atoms with van der Waals surface area (Å²) >= 11 is 0. The van der Waals surface area contributed by atoms with Crippen molar-refractivity contribution in [3.05, 3.63) is 58.4 Å². The first-order valence-electron chi connectivity index (χ1n) is 9.07. The number of piperazine rings is 1. The molecule has 5 heteroatoms. The van der Waals surface area contributed by atoms with Crippen LogP contribution in [0.1, 0.15) is 5.56 Å². The zero-order valence-electron chi connectivity index (χ0n) is 15.3. The van der Waals surface area contributed by atoms with Crippen molar-refractivity contribution in [2.45, 2.75) is 19.0 Å². The molecule has 2 saturated heterocycles. The maximum absolute atomic E-state index is 13.0. The molecule has 3 aromatic rings. The molecule has 2 aromatic carbocycles. The summed E-state index contributed by atoms with van der Waals surface area (Å²) in [6, 6.07) is 15.5. The van der Waals surface area contributed by atoms with E-state index in [4.69, 9.17) is 4.98 Å². The Kier molecular flexibility index (Phi) is 3.25. The van der Waals surface area contributed by atoms with E-state index in [2.05, 4.69) is 29.0 Å². The van der Waals surface area contributed by atoms with Gasteiger partial charge in [-0.1, -0.05) is 23.8 Å². The molecule has 5 nitrogen and oxygen atoms in total. The van der Waals surface area contributed by atoms with Gasteiger partial charge in [-0.15, -0.1) is 0 Å². The van der Waals surface area contributed by atoms with E-state index in [1.54, 1.807) is 11.6 Å². The van der Waals surface area contributed by atoms with Gasteiger partial charge in [0.25, 0.3) is 5.56 Å². The van der Waals surface area contributed by atoms with Crippen LogP contribution in [0.2, 0.25) is 0 Å². The zero-order valence-corrected chi connectivity index (χ0v) is 15.3. The van der Waals surface area contributed by atoms with E-state index < -0.39 is 0 Å². The van der Waals surface area contributed by atoms with Gasteiger partial charge in [0.2, 0.25) is 0 Å². The number of hydrogen-bond donors (Lipinski definition) is 0. The number of fused-ring (bicyclic) bond motifs is 2. The predicted molar refractivity (Wildman–Crippen MR) is 105 cm³/mol. The maximum atomic E-state index is 13.0. The van der Waals surface area contributed by atoms with Crippen molar-refractivity contribution in [1.29, 1.82) is 0 Å². The van der Waals surface area contributed by atoms with Crippen LogP contribution in [-0.2, 0) is 7.05 Å². The Morgan fingerprint density at radius 3 is 2.58 bits per heavy atom. The summed E-state index contributed by atoms with van der Waals surface area (Å²) < 4.78 is 1.66. The van der Waals surface area contributed by atoms with Gasteiger partial charge in [-0.25, -0.2) is 4.98 Å². The number of aryl methyl sites for hydroxylation is 1. The number of benzene rings is 2. The molecule has 0 amide bonds. The average Bonchev–Trinajstić information content (AvgIpc) is 2.62. The quantitative estimate of drug-likeness (QED) is 0.715. The summed E-state index contributed by atoms with van der Waals surface area (Å²) in [5, 5.41) is 0.692. The van der Waals surface area contributed by atoms with Crippen LogP contribution in [0.5, 0.6) is 0 Å². The summed E-state index contributed by atoms with van der Waals surface area (Å²) in [6.45, 7) is 4.19. The Morgan fingerprint density at radius 2 is 1.88 bits per heavy atom. The summed E-state index contributed by atoms with van der Waals surface area (Å²) in [5.41, 5.74) is 4.03. The first kappa shape index (κ1) is 15.6. The van der Waals surface area contributed by atoms with Gasteiger partial charge in [-0.05, 0) is 38.2 Å². The lowest BCUT2D eigenvalue weighted by molar-refractivity contribution is 0.0369. The SMILES string of the molecule is Cc1cccc(-c2nc3ccc(N4C[C@@H]5C4CN5C)cc3c(=O)n2C)c1. The smallest absolute Gasteiger partial charge is 0.261 e. The predicted octanol–water partition coefficient (Wildman–Crippen LogP) is 2.41. The van der Waals surface area contributed by atoms with Crippen LogP contribution in [0, 0.1) is 6.92 Å². The minimum absolute atomic E-state index is 0.0103. The van der Waals surface area contributed by atoms with E-state index in [0.717, 1.165) is 35.4 Å². The molecule has 26 heavy (non-hydrogen) atoms. The molecule has 0 radical (unpaired) electrons. The molecule has 0 N–H and O–H groups in total. The summed E-state index contributed by atoms with van der Waals surface area (Å²) in [7, 11) is 3.98. The van der Waals surface area contributed by atoms with Gasteiger partial charge in [-0.2, -0.15) is 0 Å². The monoisotopic (exact) mass is 346 g/mol. The number of nitrogens with zero attached hydrogens (tertiary/aromatic N) is 4. The first-order chi connectivity index (χ1) is 12.5. The first-order valence-corrected chi connectivity index (χ1v) is 9.07. The molecule has 1 aromatic heterocycles. The van der Waals surface area contributed by atoms with Crippen LogP contribution in [0.3, 0.4) is 0 Å². The molecular formula is C21H22N4O. The lowest BCUT2D eigenvalue weighted by Crippen LogP contribution is -2.78. The molecule has 132 valence electrons. The molecule has 2 atom stereocenters. The highest BCUT2D eigenvalue weighted by Gasteiger charge is 2.49. The molecule has 0 spiro atoms. The van der Waals surface area contributed by atoms with Crippen molar-refractivity contribution in [1.82, 2.24) is 14.5 Å². The van der Waals surface area contributed by atoms with Crippen molar-refractivity contribution >= 4 is 16.6 Å². The fourth-order valence-electron chi connectivity index (χ4n) is 4.25. The van der Waals surface area contributed by atoms with Gasteiger partial charge in [-0.3, -0.25) is 14.3 Å². The van der Waals surface area contributed by atoms with Crippen molar-refractivity contribution in [2.24, 2.45) is 7.05 Å². The largest absolute Gasteiger partial charge is 0.364 e. The molecule has 0 bridgehead atoms. The Bertz CT molecular complexity index is 1090. The second kappa shape index (κ2) is 5.42. The van der Waals surface area contributed by atoms with E-state index in [1.807, 2.05) is 37.3 Å². The molecule has 5 rings (SSSR count). The van der Waals surface area contributed by atoms with Crippen LogP contribution >= 0.6 is 0 Å². The molecule has 2 aliphatic rings. The molecule has 3 heterocycles. The standard InChI is InChI=1S/C21H22N4O/c1-13-5-4-6-14(9-13)20-22-17-8-7-15(10-16(17)21(26)24(20)3)25-12-18-19(25)11-23(18)2/h4-10,18-19H,11-12H2,1-3H3/t18-,19?/m1/s1. The lowest BCUT2D eigenvalue weighted by Gasteiger charge is -2.62. The number of hydrogen-bond acceptors (Lipinski definition) is 4. The van der Waals surface area contributed by atoms with Gasteiger partial charge < -0.3 is 4.90 Å². The van der Waals surface area contributed by atoms with E-state index in [1.165, 1.54) is 0 Å². The van der Waals surface area contributed by atoms with Gasteiger partial charge >= 0.3 is 0 Å². The topological polar surface area (TPSA) is 41.4 Å². The second-order valence-electron chi connectivity index (χ2n) is 7.60. The van der Waals surface area contributed by atoms with E-state index >= 15 is 0 Å². The van der Waals surface area contributed by atoms with Gasteiger partial charge in [0.05, 0.1) is 16.9 Å². The normalized spacial score (nSPS) is 22.0. The summed E-state index contributed by atoms with van der Waals surface area (Å²) in [6.07, 6.45) is 0. The third-order valence-corrected chi connectivity index (χ3v) is 5.94. The Balaban J connectivity index is 1.59. The Labute approximate surface area is 152 Å². The van der Waals surface area contributed by atoms with Crippen LogP contribution in [-0.4, -0.2) is 46.7 Å². The maximum Gasteiger partial charge on any atom is 0.261 e. The second-order valence-corrected chi connectivity index (χ2v) is 7.60. The third kappa shape index (κ3) is 2.13. The minimum atomic E-state index is 0.0103. The molecular weight excluding hydrogens is 324 g/mol. The lowest BCUT2D eigenvalue weighted by atomic mass is 9.85. The van der Waals surface area contributed by atoms with Crippen LogP contribution in [0.15, 0.2) is 47.3 Å². The van der Waals surface area contributed by atoms with Gasteiger partial charge in [0.15, 0.2) is 0 Å². The van der Waals surface area contributed by atoms with E-state index in [0.29, 0.717) is 23.3 Å². The Hall–Kier alpha value is -2.66. The van der Waals surface area contributed by atoms with Crippen molar-refractivity contribution < 1.29 is 0 Å². The molecule has 0 aliphatic carbocycles. The van der Waals surface area contributed by atoms with Crippen molar-refractivity contribution in [3.63, 3.8) is 0 Å². The number of anilines is 1. The van der Waals surface area contributed by atoms with Crippen LogP contribution < -0.4 is 10.5 Å². The van der Waals surface area contributed by atoms with Gasteiger partial charge in [0.1, 0.15) is 5.82 Å². The van der Waals surface area contributed by atoms with Crippen molar-refractivity contribution in [3.8, 4) is 11.4 Å². The molecule has 2 fully saturated rings. The molecule has 0 saturated carbocycles. The van der Waals surface area contributed by atoms with E-state index in [-0.39, 0.29) is 5.56 Å². The number of likely N-dealkylation sites (N-methyl/N-ethyl adjacent to an activating group) is 1. The van der Waals surface area contributed by atoms with Gasteiger partial charge in [0, 0.05) is 37.4 Å². The minimum Gasteiger partial charge on any atom is -0.364 e. The average molecular weight is 346 g/mol. The van der Waals surface area contributed by atoms with Crippen LogP contribution in [0.25, 0.3) is 22.3 Å². The fraction of sp³-hybridized carbons (Fsp3) is 0.333. The summed E-state index contributed by atoms with van der Waals surface area (Å²) in [4.78, 5) is 22.6. The molecule has 1 unspecified atom stereocenters. The van der Waals surface area contributed by atoms with Crippen molar-refractivity contribution in [2.75, 3.05) is 25.0 Å². The fourth-order valence-corrected chi connectivity index (χ4v) is 4.25. The van der Waals surface area contributed by atoms with Crippen LogP contribution in [0.4, 0.5) is 5.69 Å². The Morgan fingerprint density at radius 1 is 1.04 bits per heavy atom. The number of aromatic nitrogens is 2. The third-order valence-electron chi connectivity index (χ3n) is 5.94. The van der Waals surface area contributed by atoms with E-state index in [9.17, 15) is 4.79 Å². The highest BCUT2D eigenvalue weighted by Crippen LogP contribution is 2.36. The highest BCUT2D eigenvalue weighted by molar-refractivity contribution is 5.84. The number of likely N-dealkylation sites (tertiary alicyclic amines) is 1. The number of rotatable bonds is 2. The highest BCUT2D eigenvalue weighted by atomic mass is 16.1. The molecule has 2 aliphatic heterocycles. The summed E-state index contributed by atoms with van der Waals surface area (Å²) in [5.74, 6) is 0.712.